The van der Waals surface area contributed by atoms with E-state index in [9.17, 15) is 14.9 Å². The number of para-hydroxylation sites is 1. The van der Waals surface area contributed by atoms with Crippen LogP contribution in [0.1, 0.15) is 21.5 Å². The maximum absolute atomic E-state index is 12.1. The van der Waals surface area contributed by atoms with Crippen LogP contribution in [0.4, 0.5) is 11.4 Å². The van der Waals surface area contributed by atoms with E-state index in [1.165, 1.54) is 18.3 Å². The van der Waals surface area contributed by atoms with E-state index >= 15 is 0 Å². The molecule has 8 heteroatoms. The number of amides is 1. The lowest BCUT2D eigenvalue weighted by molar-refractivity contribution is -0.384. The summed E-state index contributed by atoms with van der Waals surface area (Å²) < 4.78 is 1.66. The number of hydrogen-bond donors (Lipinski definition) is 1. The molecule has 2 aromatic carbocycles. The summed E-state index contributed by atoms with van der Waals surface area (Å²) in [6.45, 7) is 0. The fourth-order valence-corrected chi connectivity index (χ4v) is 3.68. The number of carbonyl (C=O) groups excluding carboxylic acids is 1. The molecule has 0 saturated carbocycles. The zero-order valence-electron chi connectivity index (χ0n) is 14.9. The molecular weight excluding hydrogens is 370 g/mol. The topological polar surface area (TPSA) is 116 Å². The summed E-state index contributed by atoms with van der Waals surface area (Å²) in [5, 5.41) is 15.6. The zero-order valence-corrected chi connectivity index (χ0v) is 14.9. The van der Waals surface area contributed by atoms with Gasteiger partial charge in [-0.1, -0.05) is 30.3 Å². The average Bonchev–Trinajstić information content (AvgIpc) is 3.09. The van der Waals surface area contributed by atoms with Crippen LogP contribution >= 0.6 is 0 Å². The molecule has 0 atom stereocenters. The van der Waals surface area contributed by atoms with Gasteiger partial charge in [0, 0.05) is 40.6 Å². The van der Waals surface area contributed by atoms with E-state index in [0.717, 1.165) is 5.56 Å². The first-order chi connectivity index (χ1) is 14.0. The molecule has 1 aliphatic heterocycles. The van der Waals surface area contributed by atoms with Crippen LogP contribution in [-0.4, -0.2) is 26.2 Å². The highest BCUT2D eigenvalue weighted by atomic mass is 16.6. The van der Waals surface area contributed by atoms with Gasteiger partial charge < -0.3 is 5.73 Å². The maximum atomic E-state index is 12.1. The monoisotopic (exact) mass is 383 g/mol. The highest BCUT2D eigenvalue weighted by molar-refractivity contribution is 6.22. The van der Waals surface area contributed by atoms with Crippen LogP contribution in [-0.2, 0) is 0 Å². The fourth-order valence-electron chi connectivity index (χ4n) is 3.68. The average molecular weight is 383 g/mol. The number of nitro groups is 1. The van der Waals surface area contributed by atoms with Gasteiger partial charge in [-0.15, -0.1) is 0 Å². The third-order valence-corrected chi connectivity index (χ3v) is 4.94. The third-order valence-electron chi connectivity index (χ3n) is 4.94. The summed E-state index contributed by atoms with van der Waals surface area (Å²) in [6, 6.07) is 15.6. The SMILES string of the molecule is NC(=O)c1cnn2ccc3c2c1-c1ccccc1N=C3c1cccc([N+](=O)[O-])c1. The van der Waals surface area contributed by atoms with Crippen molar-refractivity contribution in [1.82, 2.24) is 9.61 Å². The van der Waals surface area contributed by atoms with Crippen LogP contribution in [0.5, 0.6) is 0 Å². The molecule has 0 bridgehead atoms. The van der Waals surface area contributed by atoms with Crippen LogP contribution in [0.3, 0.4) is 0 Å². The molecule has 29 heavy (non-hydrogen) atoms. The van der Waals surface area contributed by atoms with Gasteiger partial charge in [0.1, 0.15) is 0 Å². The smallest absolute Gasteiger partial charge is 0.270 e. The van der Waals surface area contributed by atoms with Gasteiger partial charge in [-0.2, -0.15) is 5.10 Å². The number of primary amides is 1. The minimum absolute atomic E-state index is 0.0255. The number of carbonyl (C=O) groups is 1. The van der Waals surface area contributed by atoms with Crippen LogP contribution in [0.25, 0.3) is 16.6 Å². The molecule has 5 rings (SSSR count). The second-order valence-electron chi connectivity index (χ2n) is 6.61. The summed E-state index contributed by atoms with van der Waals surface area (Å²) in [7, 11) is 0. The maximum Gasteiger partial charge on any atom is 0.270 e. The predicted molar refractivity (Wildman–Crippen MR) is 108 cm³/mol. The highest BCUT2D eigenvalue weighted by Gasteiger charge is 2.26. The Morgan fingerprint density at radius 2 is 1.90 bits per heavy atom. The van der Waals surface area contributed by atoms with Gasteiger partial charge in [-0.3, -0.25) is 14.9 Å². The number of rotatable bonds is 3. The van der Waals surface area contributed by atoms with Gasteiger partial charge in [-0.25, -0.2) is 9.51 Å². The van der Waals surface area contributed by atoms with Crippen molar-refractivity contribution in [3.8, 4) is 11.1 Å². The molecule has 2 aromatic heterocycles. The van der Waals surface area contributed by atoms with Gasteiger partial charge in [0.15, 0.2) is 0 Å². The number of aromatic nitrogens is 2. The second kappa shape index (κ2) is 6.10. The van der Waals surface area contributed by atoms with E-state index < -0.39 is 10.8 Å². The Balaban J connectivity index is 1.91. The number of nitrogens with two attached hydrogens (primary N) is 1. The third kappa shape index (κ3) is 2.50. The van der Waals surface area contributed by atoms with E-state index in [4.69, 9.17) is 10.7 Å². The van der Waals surface area contributed by atoms with Crippen molar-refractivity contribution in [2.75, 3.05) is 0 Å². The van der Waals surface area contributed by atoms with Crippen molar-refractivity contribution in [2.24, 2.45) is 10.7 Å². The van der Waals surface area contributed by atoms with Crippen molar-refractivity contribution in [2.45, 2.75) is 0 Å². The lowest BCUT2D eigenvalue weighted by atomic mass is 9.96. The van der Waals surface area contributed by atoms with E-state index in [-0.39, 0.29) is 5.69 Å². The Kier molecular flexibility index (Phi) is 3.53. The van der Waals surface area contributed by atoms with Crippen LogP contribution in [0, 0.1) is 10.1 Å². The van der Waals surface area contributed by atoms with Crippen molar-refractivity contribution < 1.29 is 9.72 Å². The van der Waals surface area contributed by atoms with Crippen LogP contribution in [0.15, 0.2) is 72.0 Å². The van der Waals surface area contributed by atoms with Crippen molar-refractivity contribution >= 4 is 28.5 Å². The zero-order chi connectivity index (χ0) is 20.1. The second-order valence-corrected chi connectivity index (χ2v) is 6.61. The minimum Gasteiger partial charge on any atom is -0.366 e. The molecule has 1 aliphatic rings. The van der Waals surface area contributed by atoms with E-state index in [1.807, 2.05) is 30.3 Å². The number of nitrogens with zero attached hydrogens (tertiary/aromatic N) is 4. The summed E-state index contributed by atoms with van der Waals surface area (Å²) in [5.74, 6) is -0.587. The molecule has 0 radical (unpaired) electrons. The van der Waals surface area contributed by atoms with Gasteiger partial charge in [0.05, 0.1) is 33.6 Å². The molecule has 1 amide bonds. The quantitative estimate of drug-likeness (QED) is 0.379. The molecule has 0 aliphatic carbocycles. The van der Waals surface area contributed by atoms with E-state index in [2.05, 4.69) is 5.10 Å². The Morgan fingerprint density at radius 1 is 1.07 bits per heavy atom. The van der Waals surface area contributed by atoms with Crippen LogP contribution in [0.2, 0.25) is 0 Å². The summed E-state index contributed by atoms with van der Waals surface area (Å²) in [5.41, 5.74) is 10.5. The number of non-ortho nitro benzene ring substituents is 1. The predicted octanol–water partition coefficient (Wildman–Crippen LogP) is 3.49. The largest absolute Gasteiger partial charge is 0.366 e. The normalized spacial score (nSPS) is 12.2. The molecule has 0 saturated heterocycles. The van der Waals surface area contributed by atoms with Gasteiger partial charge in [-0.05, 0) is 12.1 Å². The van der Waals surface area contributed by atoms with Crippen LogP contribution < -0.4 is 5.73 Å². The molecular formula is C21H13N5O3. The minimum atomic E-state index is -0.587. The molecule has 0 unspecified atom stereocenters. The fraction of sp³-hybridized carbons (Fsp3) is 0. The lowest BCUT2D eigenvalue weighted by Crippen LogP contribution is -2.14. The molecule has 140 valence electrons. The van der Waals surface area contributed by atoms with Crippen molar-refractivity contribution in [3.05, 3.63) is 93.8 Å². The Labute approximate surface area is 164 Å². The standard InChI is InChI=1S/C21H13N5O3/c22-21(27)16-11-23-25-9-8-15-19(12-4-3-5-13(10-12)26(28)29)24-17-7-2-1-6-14(17)18(16)20(15)25/h1-11H,(H2,22,27). The molecule has 3 heterocycles. The first-order valence-electron chi connectivity index (χ1n) is 8.78. The summed E-state index contributed by atoms with van der Waals surface area (Å²) in [6.07, 6.45) is 3.21. The van der Waals surface area contributed by atoms with Crippen molar-refractivity contribution in [1.29, 1.82) is 0 Å². The Morgan fingerprint density at radius 3 is 2.69 bits per heavy atom. The number of fused-ring (bicyclic) bond motifs is 2. The van der Waals surface area contributed by atoms with E-state index in [0.29, 0.717) is 39.2 Å². The number of nitro benzene ring substituents is 1. The highest BCUT2D eigenvalue weighted by Crippen LogP contribution is 2.40. The Hall–Kier alpha value is -4.33. The molecule has 2 N–H and O–H groups in total. The first-order valence-corrected chi connectivity index (χ1v) is 8.78. The summed E-state index contributed by atoms with van der Waals surface area (Å²) in [4.78, 5) is 27.8. The molecule has 4 aromatic rings. The molecule has 0 fully saturated rings. The summed E-state index contributed by atoms with van der Waals surface area (Å²) >= 11 is 0. The first kappa shape index (κ1) is 16.8. The van der Waals surface area contributed by atoms with E-state index in [1.54, 1.807) is 22.8 Å². The Bertz CT molecular complexity index is 1370. The van der Waals surface area contributed by atoms with Gasteiger partial charge >= 0.3 is 0 Å². The number of aliphatic imine (C=N–C) groups is 1. The number of hydrogen-bond acceptors (Lipinski definition) is 5. The number of benzene rings is 2. The molecule has 8 nitrogen and oxygen atoms in total. The van der Waals surface area contributed by atoms with Crippen molar-refractivity contribution in [3.63, 3.8) is 0 Å². The lowest BCUT2D eigenvalue weighted by Gasteiger charge is -2.10. The van der Waals surface area contributed by atoms with Gasteiger partial charge in [0.2, 0.25) is 0 Å². The molecule has 0 spiro atoms. The van der Waals surface area contributed by atoms with Gasteiger partial charge in [0.25, 0.3) is 11.6 Å².